The van der Waals surface area contributed by atoms with Crippen molar-refractivity contribution in [3.05, 3.63) is 105 Å². The Morgan fingerprint density at radius 2 is 1.53 bits per heavy atom. The Labute approximate surface area is 189 Å². The van der Waals surface area contributed by atoms with Gasteiger partial charge in [0.05, 0.1) is 16.1 Å². The second-order valence-corrected chi connectivity index (χ2v) is 7.77. The van der Waals surface area contributed by atoms with Crippen LogP contribution in [0.15, 0.2) is 60.7 Å². The van der Waals surface area contributed by atoms with Crippen LogP contribution < -0.4 is 5.32 Å². The van der Waals surface area contributed by atoms with Crippen LogP contribution in [-0.4, -0.2) is 30.0 Å². The van der Waals surface area contributed by atoms with Gasteiger partial charge in [0.1, 0.15) is 0 Å². The van der Waals surface area contributed by atoms with E-state index in [-0.39, 0.29) is 33.1 Å². The van der Waals surface area contributed by atoms with Gasteiger partial charge in [0.25, 0.3) is 5.91 Å². The standard InChI is InChI=1S/C25H18ClNO5/c1-14-6-8-15(9-7-14)12-27-20(28)13-32-25(31)19-11-10-18-21(22(19)26)24(30)17-5-3-2-4-16(17)23(18)29/h2-11H,12-13H2,1H3,(H,27,28). The lowest BCUT2D eigenvalue weighted by Crippen LogP contribution is -2.28. The molecule has 0 fully saturated rings. The number of esters is 1. The molecule has 3 aromatic carbocycles. The van der Waals surface area contributed by atoms with E-state index in [1.54, 1.807) is 18.2 Å². The number of nitrogens with one attached hydrogen (secondary N) is 1. The lowest BCUT2D eigenvalue weighted by molar-refractivity contribution is -0.124. The van der Waals surface area contributed by atoms with Crippen molar-refractivity contribution in [2.45, 2.75) is 13.5 Å². The molecule has 0 heterocycles. The van der Waals surface area contributed by atoms with Crippen molar-refractivity contribution in [1.29, 1.82) is 0 Å². The molecular weight excluding hydrogens is 430 g/mol. The number of ketones is 2. The summed E-state index contributed by atoms with van der Waals surface area (Å²) in [5.74, 6) is -2.12. The van der Waals surface area contributed by atoms with E-state index >= 15 is 0 Å². The van der Waals surface area contributed by atoms with E-state index in [1.165, 1.54) is 18.2 Å². The zero-order valence-electron chi connectivity index (χ0n) is 17.1. The highest BCUT2D eigenvalue weighted by atomic mass is 35.5. The molecule has 1 N–H and O–H groups in total. The number of hydrogen-bond donors (Lipinski definition) is 1. The minimum atomic E-state index is -0.859. The van der Waals surface area contributed by atoms with Gasteiger partial charge in [-0.25, -0.2) is 4.79 Å². The van der Waals surface area contributed by atoms with Crippen LogP contribution in [0.5, 0.6) is 0 Å². The Hall–Kier alpha value is -3.77. The highest BCUT2D eigenvalue weighted by Gasteiger charge is 2.33. The maximum atomic E-state index is 12.9. The molecule has 4 rings (SSSR count). The van der Waals surface area contributed by atoms with Crippen LogP contribution in [0.1, 0.15) is 53.3 Å². The summed E-state index contributed by atoms with van der Waals surface area (Å²) >= 11 is 6.34. The number of benzene rings is 3. The summed E-state index contributed by atoms with van der Waals surface area (Å²) in [6.45, 7) is 1.76. The number of carbonyl (C=O) groups is 4. The topological polar surface area (TPSA) is 89.5 Å². The molecule has 0 saturated heterocycles. The average Bonchev–Trinajstić information content (AvgIpc) is 2.80. The zero-order chi connectivity index (χ0) is 22.8. The van der Waals surface area contributed by atoms with Gasteiger partial charge in [-0.3, -0.25) is 14.4 Å². The lowest BCUT2D eigenvalue weighted by atomic mass is 9.83. The third-order valence-electron chi connectivity index (χ3n) is 5.19. The maximum Gasteiger partial charge on any atom is 0.340 e. The molecule has 0 saturated carbocycles. The first kappa shape index (κ1) is 21.5. The minimum absolute atomic E-state index is 0.0337. The van der Waals surface area contributed by atoms with E-state index in [9.17, 15) is 19.2 Å². The second-order valence-electron chi connectivity index (χ2n) is 7.39. The van der Waals surface area contributed by atoms with Crippen LogP contribution in [0.2, 0.25) is 5.02 Å². The fraction of sp³-hybridized carbons (Fsp3) is 0.120. The summed E-state index contributed by atoms with van der Waals surface area (Å²) in [5.41, 5.74) is 2.56. The van der Waals surface area contributed by atoms with Crippen LogP contribution in [0.3, 0.4) is 0 Å². The number of fused-ring (bicyclic) bond motifs is 2. The predicted molar refractivity (Wildman–Crippen MR) is 118 cm³/mol. The van der Waals surface area contributed by atoms with Gasteiger partial charge in [0, 0.05) is 23.2 Å². The minimum Gasteiger partial charge on any atom is -0.452 e. The summed E-state index contributed by atoms with van der Waals surface area (Å²) in [6, 6.07) is 16.8. The van der Waals surface area contributed by atoms with Gasteiger partial charge in [-0.05, 0) is 24.6 Å². The number of hydrogen-bond acceptors (Lipinski definition) is 5. The largest absolute Gasteiger partial charge is 0.452 e. The van der Waals surface area contributed by atoms with Gasteiger partial charge in [-0.1, -0.05) is 65.7 Å². The normalized spacial score (nSPS) is 12.1. The van der Waals surface area contributed by atoms with E-state index in [0.717, 1.165) is 11.1 Å². The van der Waals surface area contributed by atoms with Crippen molar-refractivity contribution >= 4 is 35.0 Å². The summed E-state index contributed by atoms with van der Waals surface area (Å²) in [6.07, 6.45) is 0. The molecule has 0 bridgehead atoms. The monoisotopic (exact) mass is 447 g/mol. The Morgan fingerprint density at radius 1 is 0.875 bits per heavy atom. The lowest BCUT2D eigenvalue weighted by Gasteiger charge is -2.19. The highest BCUT2D eigenvalue weighted by molar-refractivity contribution is 6.41. The van der Waals surface area contributed by atoms with E-state index < -0.39 is 24.3 Å². The van der Waals surface area contributed by atoms with Gasteiger partial charge in [-0.2, -0.15) is 0 Å². The van der Waals surface area contributed by atoms with Crippen LogP contribution in [0.25, 0.3) is 0 Å². The van der Waals surface area contributed by atoms with Gasteiger partial charge in [-0.15, -0.1) is 0 Å². The summed E-state index contributed by atoms with van der Waals surface area (Å²) < 4.78 is 5.07. The Balaban J connectivity index is 1.46. The highest BCUT2D eigenvalue weighted by Crippen LogP contribution is 2.34. The van der Waals surface area contributed by atoms with Gasteiger partial charge in [0.15, 0.2) is 18.2 Å². The van der Waals surface area contributed by atoms with E-state index in [1.807, 2.05) is 31.2 Å². The van der Waals surface area contributed by atoms with Crippen molar-refractivity contribution < 1.29 is 23.9 Å². The van der Waals surface area contributed by atoms with Crippen LogP contribution >= 0.6 is 11.6 Å². The first-order valence-electron chi connectivity index (χ1n) is 9.87. The maximum absolute atomic E-state index is 12.9. The Bertz CT molecular complexity index is 1260. The number of halogens is 1. The van der Waals surface area contributed by atoms with Crippen molar-refractivity contribution in [2.24, 2.45) is 0 Å². The number of rotatable bonds is 5. The van der Waals surface area contributed by atoms with Crippen molar-refractivity contribution in [2.75, 3.05) is 6.61 Å². The molecule has 0 unspecified atom stereocenters. The molecule has 0 atom stereocenters. The number of aryl methyl sites for hydroxylation is 1. The SMILES string of the molecule is Cc1ccc(CNC(=O)COC(=O)c2ccc3c(c2Cl)C(=O)c2ccccc2C3=O)cc1. The predicted octanol–water partition coefficient (Wildman–Crippen LogP) is 3.90. The molecule has 3 aromatic rings. The van der Waals surface area contributed by atoms with E-state index in [4.69, 9.17) is 16.3 Å². The quantitative estimate of drug-likeness (QED) is 0.469. The molecule has 1 aliphatic carbocycles. The first-order chi connectivity index (χ1) is 15.4. The van der Waals surface area contributed by atoms with Gasteiger partial charge in [0.2, 0.25) is 0 Å². The smallest absolute Gasteiger partial charge is 0.340 e. The third-order valence-corrected chi connectivity index (χ3v) is 5.59. The molecule has 0 aromatic heterocycles. The molecule has 1 aliphatic rings. The Kier molecular flexibility index (Phi) is 5.88. The molecule has 0 radical (unpaired) electrons. The van der Waals surface area contributed by atoms with Gasteiger partial charge >= 0.3 is 5.97 Å². The van der Waals surface area contributed by atoms with Crippen molar-refractivity contribution in [3.8, 4) is 0 Å². The summed E-state index contributed by atoms with van der Waals surface area (Å²) in [5, 5.41) is 2.50. The first-order valence-corrected chi connectivity index (χ1v) is 10.2. The molecule has 0 spiro atoms. The van der Waals surface area contributed by atoms with E-state index in [0.29, 0.717) is 12.1 Å². The number of carbonyl (C=O) groups excluding carboxylic acids is 4. The average molecular weight is 448 g/mol. The molecular formula is C25H18ClNO5. The van der Waals surface area contributed by atoms with Gasteiger partial charge < -0.3 is 10.1 Å². The van der Waals surface area contributed by atoms with Crippen molar-refractivity contribution in [3.63, 3.8) is 0 Å². The zero-order valence-corrected chi connectivity index (χ0v) is 17.9. The molecule has 0 aliphatic heterocycles. The Morgan fingerprint density at radius 3 is 2.22 bits per heavy atom. The summed E-state index contributed by atoms with van der Waals surface area (Å²) in [7, 11) is 0. The second kappa shape index (κ2) is 8.77. The molecule has 7 heteroatoms. The molecule has 32 heavy (non-hydrogen) atoms. The van der Waals surface area contributed by atoms with E-state index in [2.05, 4.69) is 5.32 Å². The molecule has 160 valence electrons. The number of amides is 1. The third kappa shape index (κ3) is 4.05. The van der Waals surface area contributed by atoms with Crippen LogP contribution in [0, 0.1) is 6.92 Å². The fourth-order valence-corrected chi connectivity index (χ4v) is 3.80. The molecule has 1 amide bonds. The number of ether oxygens (including phenoxy) is 1. The summed E-state index contributed by atoms with van der Waals surface area (Å²) in [4.78, 5) is 50.2. The van der Waals surface area contributed by atoms with Crippen molar-refractivity contribution in [1.82, 2.24) is 5.32 Å². The fourth-order valence-electron chi connectivity index (χ4n) is 3.47. The van der Waals surface area contributed by atoms with Crippen LogP contribution in [-0.2, 0) is 16.1 Å². The van der Waals surface area contributed by atoms with Crippen LogP contribution in [0.4, 0.5) is 0 Å². The molecule has 6 nitrogen and oxygen atoms in total.